The highest BCUT2D eigenvalue weighted by atomic mass is 33.1. The molecule has 11 heteroatoms. The Kier molecular flexibility index (Phi) is 11.2. The van der Waals surface area contributed by atoms with Gasteiger partial charge in [0.15, 0.2) is 17.6 Å². The number of rotatable bonds is 9. The molecule has 5 N–H and O–H groups in total. The van der Waals surface area contributed by atoms with E-state index in [4.69, 9.17) is 18.9 Å². The Balaban J connectivity index is 1.53. The summed E-state index contributed by atoms with van der Waals surface area (Å²) >= 11 is 0. The standard InChI is InChI=1S/C38H48O9S2/c1-20(2)9-12-45-31-17-27(34(41)38(44-4)36(31)43)37-35(42)28-19-49-48-14-10-21(3)5-6-22-15-26-32(24-8-7-23(40)16-25(22)24)29(46-13-11-39)18-30(47-37)33(26)28/h7-8,16-18,20-22,28,35,37,39-43H,5-6,9-15,19H2,1-4H3/t21-,22-,28-,35+,37-/m0/s1. The molecule has 0 fully saturated rings. The molecule has 49 heavy (non-hydrogen) atoms. The zero-order valence-electron chi connectivity index (χ0n) is 28.6. The van der Waals surface area contributed by atoms with Gasteiger partial charge in [-0.25, -0.2) is 0 Å². The molecule has 3 aromatic carbocycles. The van der Waals surface area contributed by atoms with Gasteiger partial charge in [-0.1, -0.05) is 54.8 Å². The molecule has 2 heterocycles. The molecule has 2 bridgehead atoms. The Morgan fingerprint density at radius 2 is 1.73 bits per heavy atom. The third-order valence-corrected chi connectivity index (χ3v) is 12.5. The number of fused-ring (bicyclic) bond motifs is 4. The molecule has 0 spiro atoms. The third kappa shape index (κ3) is 7.22. The lowest BCUT2D eigenvalue weighted by Crippen LogP contribution is -2.37. The van der Waals surface area contributed by atoms with Crippen LogP contribution in [-0.2, 0) is 6.42 Å². The van der Waals surface area contributed by atoms with E-state index in [2.05, 4.69) is 20.8 Å². The number of aromatic hydroxyl groups is 3. The molecule has 0 saturated heterocycles. The van der Waals surface area contributed by atoms with E-state index in [9.17, 15) is 25.5 Å². The van der Waals surface area contributed by atoms with E-state index in [1.807, 2.05) is 18.2 Å². The van der Waals surface area contributed by atoms with Crippen molar-refractivity contribution in [2.45, 2.75) is 76.9 Å². The number of aliphatic hydroxyl groups is 2. The van der Waals surface area contributed by atoms with E-state index in [0.29, 0.717) is 42.1 Å². The maximum atomic E-state index is 12.3. The first kappa shape index (κ1) is 35.7. The summed E-state index contributed by atoms with van der Waals surface area (Å²) in [6, 6.07) is 8.88. The van der Waals surface area contributed by atoms with Crippen molar-refractivity contribution in [3.05, 3.63) is 52.6 Å². The number of ether oxygens (including phenoxy) is 4. The van der Waals surface area contributed by atoms with Gasteiger partial charge in [-0.2, -0.15) is 0 Å². The van der Waals surface area contributed by atoms with Gasteiger partial charge < -0.3 is 44.5 Å². The average Bonchev–Trinajstić information content (AvgIpc) is 3.08. The number of aliphatic hydroxyl groups excluding tert-OH is 2. The molecule has 0 radical (unpaired) electrons. The summed E-state index contributed by atoms with van der Waals surface area (Å²) in [4.78, 5) is 0. The molecule has 0 aromatic heterocycles. The largest absolute Gasteiger partial charge is 0.508 e. The van der Waals surface area contributed by atoms with E-state index >= 15 is 0 Å². The fourth-order valence-electron chi connectivity index (χ4n) is 7.35. The van der Waals surface area contributed by atoms with Gasteiger partial charge >= 0.3 is 0 Å². The second-order valence-electron chi connectivity index (χ2n) is 13.8. The van der Waals surface area contributed by atoms with Crippen molar-refractivity contribution in [1.29, 1.82) is 0 Å². The summed E-state index contributed by atoms with van der Waals surface area (Å²) in [5.74, 6) is 2.93. The first-order valence-electron chi connectivity index (χ1n) is 17.2. The van der Waals surface area contributed by atoms with Crippen molar-refractivity contribution in [3.63, 3.8) is 0 Å². The highest BCUT2D eigenvalue weighted by molar-refractivity contribution is 8.76. The van der Waals surface area contributed by atoms with Crippen LogP contribution in [-0.4, -0.2) is 70.1 Å². The topological polar surface area (TPSA) is 138 Å². The number of hydrogen-bond donors (Lipinski definition) is 5. The number of phenolic OH excluding ortho intramolecular Hbond substituents is 3. The SMILES string of the molecule is COc1c(O)c(OCCC(C)C)cc([C@@H]2Oc3cc(OCCO)c4c5c3[C@H](CSSCC[C@@H](C)CC[C@@H](C5)c3cc(O)ccc3-4)[C@H]2O)c1O. The zero-order valence-corrected chi connectivity index (χ0v) is 30.2. The van der Waals surface area contributed by atoms with Crippen LogP contribution in [0.2, 0.25) is 0 Å². The summed E-state index contributed by atoms with van der Waals surface area (Å²) in [5.41, 5.74) is 5.15. The molecular weight excluding hydrogens is 665 g/mol. The van der Waals surface area contributed by atoms with Gasteiger partial charge in [0, 0.05) is 40.2 Å². The quantitative estimate of drug-likeness (QED) is 0.140. The number of hydrogen-bond acceptors (Lipinski definition) is 11. The Bertz CT molecular complexity index is 1640. The molecule has 9 nitrogen and oxygen atoms in total. The maximum Gasteiger partial charge on any atom is 0.207 e. The van der Waals surface area contributed by atoms with Crippen LogP contribution in [0, 0.1) is 11.8 Å². The minimum absolute atomic E-state index is 0.0780. The van der Waals surface area contributed by atoms with E-state index in [-0.39, 0.29) is 59.4 Å². The lowest BCUT2D eigenvalue weighted by atomic mass is 9.71. The van der Waals surface area contributed by atoms with E-state index in [0.717, 1.165) is 59.3 Å². The summed E-state index contributed by atoms with van der Waals surface area (Å²) in [6.45, 7) is 6.72. The van der Waals surface area contributed by atoms with Crippen LogP contribution in [0.5, 0.6) is 40.2 Å². The van der Waals surface area contributed by atoms with E-state index in [1.54, 1.807) is 27.7 Å². The highest BCUT2D eigenvalue weighted by Crippen LogP contribution is 2.58. The molecule has 0 amide bonds. The Labute approximate surface area is 296 Å². The van der Waals surface area contributed by atoms with Crippen LogP contribution in [0.3, 0.4) is 0 Å². The average molecular weight is 713 g/mol. The van der Waals surface area contributed by atoms with Crippen molar-refractivity contribution in [1.82, 2.24) is 0 Å². The Morgan fingerprint density at radius 3 is 2.49 bits per heavy atom. The molecule has 1 aliphatic carbocycles. The molecule has 3 aliphatic rings. The molecule has 0 saturated carbocycles. The smallest absolute Gasteiger partial charge is 0.207 e. The molecule has 2 aliphatic heterocycles. The van der Waals surface area contributed by atoms with Crippen LogP contribution in [0.25, 0.3) is 11.1 Å². The van der Waals surface area contributed by atoms with Crippen LogP contribution in [0.15, 0.2) is 30.3 Å². The number of methoxy groups -OCH3 is 1. The number of phenols is 3. The van der Waals surface area contributed by atoms with Crippen molar-refractivity contribution < 1.29 is 44.5 Å². The van der Waals surface area contributed by atoms with Crippen molar-refractivity contribution >= 4 is 21.6 Å². The molecule has 6 rings (SSSR count). The maximum absolute atomic E-state index is 12.3. The molecule has 0 unspecified atom stereocenters. The van der Waals surface area contributed by atoms with Gasteiger partial charge in [0.2, 0.25) is 11.5 Å². The van der Waals surface area contributed by atoms with Gasteiger partial charge in [0.1, 0.15) is 30.0 Å². The normalized spacial score (nSPS) is 23.4. The molecule has 5 atom stereocenters. The minimum atomic E-state index is -1.07. The first-order valence-corrected chi connectivity index (χ1v) is 19.7. The van der Waals surface area contributed by atoms with Gasteiger partial charge in [-0.15, -0.1) is 0 Å². The lowest BCUT2D eigenvalue weighted by molar-refractivity contribution is 0.00290. The molecule has 266 valence electrons. The van der Waals surface area contributed by atoms with Crippen molar-refractivity contribution in [2.75, 3.05) is 38.4 Å². The zero-order chi connectivity index (χ0) is 34.8. The summed E-state index contributed by atoms with van der Waals surface area (Å²) in [5, 5.41) is 55.0. The van der Waals surface area contributed by atoms with Crippen LogP contribution >= 0.6 is 21.6 Å². The fourth-order valence-corrected chi connectivity index (χ4v) is 9.94. The monoisotopic (exact) mass is 712 g/mol. The first-order chi connectivity index (χ1) is 23.6. The minimum Gasteiger partial charge on any atom is -0.508 e. The Morgan fingerprint density at radius 1 is 0.939 bits per heavy atom. The second-order valence-corrected chi connectivity index (χ2v) is 16.5. The number of benzene rings is 3. The van der Waals surface area contributed by atoms with Gasteiger partial charge in [-0.3, -0.25) is 0 Å². The van der Waals surface area contributed by atoms with Crippen LogP contribution in [0.4, 0.5) is 0 Å². The predicted octanol–water partition coefficient (Wildman–Crippen LogP) is 7.69. The summed E-state index contributed by atoms with van der Waals surface area (Å²) in [6.07, 6.45) is 2.43. The van der Waals surface area contributed by atoms with Crippen molar-refractivity contribution in [3.8, 4) is 51.4 Å². The lowest BCUT2D eigenvalue weighted by Gasteiger charge is -2.41. The second kappa shape index (κ2) is 15.4. The summed E-state index contributed by atoms with van der Waals surface area (Å²) in [7, 11) is 4.90. The predicted molar refractivity (Wildman–Crippen MR) is 194 cm³/mol. The summed E-state index contributed by atoms with van der Waals surface area (Å²) < 4.78 is 24.3. The fraction of sp³-hybridized carbons (Fsp3) is 0.526. The van der Waals surface area contributed by atoms with E-state index < -0.39 is 12.2 Å². The van der Waals surface area contributed by atoms with Crippen molar-refractivity contribution in [2.24, 2.45) is 11.8 Å². The molecular formula is C38H48O9S2. The van der Waals surface area contributed by atoms with Gasteiger partial charge in [0.05, 0.1) is 20.3 Å². The third-order valence-electron chi connectivity index (χ3n) is 10.0. The molecule has 3 aromatic rings. The van der Waals surface area contributed by atoms with Crippen LogP contribution < -0.4 is 18.9 Å². The van der Waals surface area contributed by atoms with E-state index in [1.165, 1.54) is 13.2 Å². The Hall–Kier alpha value is -3.12. The van der Waals surface area contributed by atoms with Gasteiger partial charge in [0.25, 0.3) is 0 Å². The van der Waals surface area contributed by atoms with Crippen LogP contribution in [0.1, 0.15) is 86.6 Å². The van der Waals surface area contributed by atoms with Gasteiger partial charge in [-0.05, 0) is 78.3 Å². The highest BCUT2D eigenvalue weighted by Gasteiger charge is 2.44.